The Morgan fingerprint density at radius 1 is 0.708 bits per heavy atom. The summed E-state index contributed by atoms with van der Waals surface area (Å²) in [6.45, 7) is 6.48. The van der Waals surface area contributed by atoms with Crippen LogP contribution in [-0.4, -0.2) is 27.2 Å². The van der Waals surface area contributed by atoms with Gasteiger partial charge in [0.2, 0.25) is 0 Å². The van der Waals surface area contributed by atoms with Gasteiger partial charge in [0, 0.05) is 43.9 Å². The van der Waals surface area contributed by atoms with Crippen LogP contribution in [0.5, 0.6) is 0 Å². The van der Waals surface area contributed by atoms with Crippen molar-refractivity contribution in [3.8, 4) is 11.1 Å². The molecule has 0 bridgehead atoms. The number of benzene rings is 3. The lowest BCUT2D eigenvalue weighted by molar-refractivity contribution is 0.871. The van der Waals surface area contributed by atoms with Crippen LogP contribution in [0.25, 0.3) is 21.9 Å². The fourth-order valence-corrected chi connectivity index (χ4v) is 3.31. The average Bonchev–Trinajstić information content (AvgIpc) is 2.63. The van der Waals surface area contributed by atoms with E-state index in [0.717, 1.165) is 13.1 Å². The molecule has 0 N–H and O–H groups in total. The van der Waals surface area contributed by atoms with Crippen LogP contribution in [0.4, 0.5) is 11.4 Å². The summed E-state index contributed by atoms with van der Waals surface area (Å²) in [5, 5.41) is 2.65. The van der Waals surface area contributed by atoms with Crippen LogP contribution in [0, 0.1) is 0 Å². The maximum Gasteiger partial charge on any atom is 0.0446 e. The van der Waals surface area contributed by atoms with E-state index in [1.807, 2.05) is 0 Å². The summed E-state index contributed by atoms with van der Waals surface area (Å²) >= 11 is 0. The SMILES string of the molecule is CCN(CC)c1ccc(-c2ccc(N(C)C)cc2)c2ccccc12. The fourth-order valence-electron chi connectivity index (χ4n) is 3.31. The van der Waals surface area contributed by atoms with Gasteiger partial charge in [-0.3, -0.25) is 0 Å². The molecule has 0 aliphatic heterocycles. The zero-order valence-corrected chi connectivity index (χ0v) is 15.1. The maximum absolute atomic E-state index is 2.42. The molecule has 0 aromatic heterocycles. The number of anilines is 2. The molecule has 0 spiro atoms. The summed E-state index contributed by atoms with van der Waals surface area (Å²) in [6.07, 6.45) is 0. The standard InChI is InChI=1S/C22H26N2/c1-5-24(6-2)22-16-15-19(20-9-7-8-10-21(20)22)17-11-13-18(14-12-17)23(3)4/h7-16H,5-6H2,1-4H3. The molecule has 0 unspecified atom stereocenters. The molecule has 0 heterocycles. The van der Waals surface area contributed by atoms with Crippen LogP contribution < -0.4 is 9.80 Å². The van der Waals surface area contributed by atoms with Gasteiger partial charge in [-0.25, -0.2) is 0 Å². The lowest BCUT2D eigenvalue weighted by Crippen LogP contribution is -2.22. The largest absolute Gasteiger partial charge is 0.378 e. The van der Waals surface area contributed by atoms with Gasteiger partial charge in [0.05, 0.1) is 0 Å². The third-order valence-electron chi connectivity index (χ3n) is 4.70. The van der Waals surface area contributed by atoms with E-state index in [1.165, 1.54) is 33.3 Å². The van der Waals surface area contributed by atoms with Gasteiger partial charge in [-0.2, -0.15) is 0 Å². The summed E-state index contributed by atoms with van der Waals surface area (Å²) in [6, 6.07) is 22.1. The molecule has 2 nitrogen and oxygen atoms in total. The molecule has 3 aromatic carbocycles. The number of fused-ring (bicyclic) bond motifs is 1. The Morgan fingerprint density at radius 3 is 1.92 bits per heavy atom. The highest BCUT2D eigenvalue weighted by Crippen LogP contribution is 2.35. The van der Waals surface area contributed by atoms with Crippen LogP contribution >= 0.6 is 0 Å². The smallest absolute Gasteiger partial charge is 0.0446 e. The molecule has 3 aromatic rings. The van der Waals surface area contributed by atoms with E-state index in [4.69, 9.17) is 0 Å². The first kappa shape index (κ1) is 16.4. The molecule has 0 saturated heterocycles. The van der Waals surface area contributed by atoms with Gasteiger partial charge >= 0.3 is 0 Å². The van der Waals surface area contributed by atoms with Crippen molar-refractivity contribution < 1.29 is 0 Å². The molecule has 124 valence electrons. The van der Waals surface area contributed by atoms with E-state index in [1.54, 1.807) is 0 Å². The van der Waals surface area contributed by atoms with Crippen LogP contribution in [-0.2, 0) is 0 Å². The zero-order chi connectivity index (χ0) is 17.1. The third kappa shape index (κ3) is 2.96. The molecule has 0 saturated carbocycles. The summed E-state index contributed by atoms with van der Waals surface area (Å²) in [4.78, 5) is 4.55. The Bertz CT molecular complexity index is 815. The predicted octanol–water partition coefficient (Wildman–Crippen LogP) is 5.42. The quantitative estimate of drug-likeness (QED) is 0.620. The van der Waals surface area contributed by atoms with Crippen molar-refractivity contribution in [3.05, 3.63) is 60.7 Å². The van der Waals surface area contributed by atoms with E-state index in [0.29, 0.717) is 0 Å². The second kappa shape index (κ2) is 6.96. The van der Waals surface area contributed by atoms with Crippen LogP contribution in [0.2, 0.25) is 0 Å². The van der Waals surface area contributed by atoms with Gasteiger partial charge < -0.3 is 9.80 Å². The van der Waals surface area contributed by atoms with Gasteiger partial charge in [-0.15, -0.1) is 0 Å². The minimum absolute atomic E-state index is 1.03. The van der Waals surface area contributed by atoms with Crippen molar-refractivity contribution in [1.29, 1.82) is 0 Å². The number of nitrogens with zero attached hydrogens (tertiary/aromatic N) is 2. The summed E-state index contributed by atoms with van der Waals surface area (Å²) in [5.41, 5.74) is 5.11. The van der Waals surface area contributed by atoms with E-state index < -0.39 is 0 Å². The molecule has 2 heteroatoms. The third-order valence-corrected chi connectivity index (χ3v) is 4.70. The lowest BCUT2D eigenvalue weighted by atomic mass is 9.96. The Kier molecular flexibility index (Phi) is 4.75. The number of rotatable bonds is 5. The molecule has 0 atom stereocenters. The number of hydrogen-bond donors (Lipinski definition) is 0. The second-order valence-electron chi connectivity index (χ2n) is 6.29. The van der Waals surface area contributed by atoms with E-state index in [-0.39, 0.29) is 0 Å². The van der Waals surface area contributed by atoms with Gasteiger partial charge in [0.25, 0.3) is 0 Å². The highest BCUT2D eigenvalue weighted by atomic mass is 15.1. The Morgan fingerprint density at radius 2 is 1.33 bits per heavy atom. The summed E-state index contributed by atoms with van der Waals surface area (Å²) < 4.78 is 0. The summed E-state index contributed by atoms with van der Waals surface area (Å²) in [7, 11) is 4.15. The Hall–Kier alpha value is -2.48. The first-order valence-corrected chi connectivity index (χ1v) is 8.70. The van der Waals surface area contributed by atoms with Gasteiger partial charge in [0.15, 0.2) is 0 Å². The topological polar surface area (TPSA) is 6.48 Å². The molecule has 0 aliphatic rings. The van der Waals surface area contributed by atoms with Gasteiger partial charge in [0.1, 0.15) is 0 Å². The molecule has 3 rings (SSSR count). The van der Waals surface area contributed by atoms with E-state index in [2.05, 4.69) is 98.4 Å². The molecule has 0 radical (unpaired) electrons. The highest BCUT2D eigenvalue weighted by molar-refractivity contribution is 6.03. The first-order valence-electron chi connectivity index (χ1n) is 8.70. The van der Waals surface area contributed by atoms with Crippen molar-refractivity contribution in [2.24, 2.45) is 0 Å². The van der Waals surface area contributed by atoms with Crippen molar-refractivity contribution in [3.63, 3.8) is 0 Å². The average molecular weight is 318 g/mol. The highest BCUT2D eigenvalue weighted by Gasteiger charge is 2.11. The van der Waals surface area contributed by atoms with E-state index >= 15 is 0 Å². The van der Waals surface area contributed by atoms with Crippen LogP contribution in [0.1, 0.15) is 13.8 Å². The van der Waals surface area contributed by atoms with Crippen molar-refractivity contribution in [2.45, 2.75) is 13.8 Å². The fraction of sp³-hybridized carbons (Fsp3) is 0.273. The molecular weight excluding hydrogens is 292 g/mol. The van der Waals surface area contributed by atoms with Crippen LogP contribution in [0.3, 0.4) is 0 Å². The Labute approximate surface area is 145 Å². The minimum atomic E-state index is 1.03. The van der Waals surface area contributed by atoms with Gasteiger partial charge in [-0.05, 0) is 48.6 Å². The van der Waals surface area contributed by atoms with E-state index in [9.17, 15) is 0 Å². The molecule has 0 aliphatic carbocycles. The van der Waals surface area contributed by atoms with Gasteiger partial charge in [-0.1, -0.05) is 42.5 Å². The normalized spacial score (nSPS) is 10.8. The molecular formula is C22H26N2. The monoisotopic (exact) mass is 318 g/mol. The van der Waals surface area contributed by atoms with Crippen molar-refractivity contribution in [2.75, 3.05) is 37.0 Å². The zero-order valence-electron chi connectivity index (χ0n) is 15.1. The summed E-state index contributed by atoms with van der Waals surface area (Å²) in [5.74, 6) is 0. The van der Waals surface area contributed by atoms with Crippen molar-refractivity contribution in [1.82, 2.24) is 0 Å². The molecule has 0 fully saturated rings. The molecule has 24 heavy (non-hydrogen) atoms. The molecule has 0 amide bonds. The lowest BCUT2D eigenvalue weighted by Gasteiger charge is -2.24. The first-order chi connectivity index (χ1) is 11.7. The van der Waals surface area contributed by atoms with Crippen LogP contribution in [0.15, 0.2) is 60.7 Å². The Balaban J connectivity index is 2.14. The maximum atomic E-state index is 2.42. The second-order valence-corrected chi connectivity index (χ2v) is 6.29. The number of hydrogen-bond acceptors (Lipinski definition) is 2. The van der Waals surface area contributed by atoms with Crippen molar-refractivity contribution >= 4 is 22.1 Å². The predicted molar refractivity (Wildman–Crippen MR) is 107 cm³/mol. The minimum Gasteiger partial charge on any atom is -0.378 e.